The molecule has 0 radical (unpaired) electrons. The van der Waals surface area contributed by atoms with Gasteiger partial charge < -0.3 is 15.0 Å². The fourth-order valence-corrected chi connectivity index (χ4v) is 3.70. The standard InChI is InChI=1S/C24H25N3O2/c1-29-23-15-9-8-14-22(23)25-19-16-17-26(18-19)24(28)27(20-10-4-2-5-11-20)21-12-6-3-7-13-21/h2-15,19,25H,16-18H2,1H3. The van der Waals surface area contributed by atoms with Crippen LogP contribution in [0.3, 0.4) is 0 Å². The second-order valence-corrected chi connectivity index (χ2v) is 7.07. The van der Waals surface area contributed by atoms with Gasteiger partial charge in [0.05, 0.1) is 24.2 Å². The molecule has 1 saturated heterocycles. The quantitative estimate of drug-likeness (QED) is 0.659. The van der Waals surface area contributed by atoms with Crippen molar-refractivity contribution in [2.45, 2.75) is 12.5 Å². The summed E-state index contributed by atoms with van der Waals surface area (Å²) in [5, 5.41) is 3.53. The number of hydrogen-bond donors (Lipinski definition) is 1. The van der Waals surface area contributed by atoms with E-state index >= 15 is 0 Å². The SMILES string of the molecule is COc1ccccc1NC1CCN(C(=O)N(c2ccccc2)c2ccccc2)C1. The second kappa shape index (κ2) is 8.69. The average molecular weight is 387 g/mol. The summed E-state index contributed by atoms with van der Waals surface area (Å²) in [4.78, 5) is 17.2. The van der Waals surface area contributed by atoms with E-state index in [1.54, 1.807) is 12.0 Å². The Morgan fingerprint density at radius 1 is 0.931 bits per heavy atom. The highest BCUT2D eigenvalue weighted by Crippen LogP contribution is 2.29. The average Bonchev–Trinajstić information content (AvgIpc) is 3.24. The Bertz CT molecular complexity index is 907. The zero-order valence-corrected chi connectivity index (χ0v) is 16.5. The molecule has 1 aliphatic rings. The van der Waals surface area contributed by atoms with Gasteiger partial charge in [0.15, 0.2) is 0 Å². The van der Waals surface area contributed by atoms with Crippen molar-refractivity contribution in [3.05, 3.63) is 84.9 Å². The third-order valence-corrected chi connectivity index (χ3v) is 5.15. The molecule has 3 aromatic carbocycles. The van der Waals surface area contributed by atoms with Crippen molar-refractivity contribution in [1.29, 1.82) is 0 Å². The third kappa shape index (κ3) is 4.19. The Labute approximate surface area is 171 Å². The van der Waals surface area contributed by atoms with E-state index in [4.69, 9.17) is 4.74 Å². The fourth-order valence-electron chi connectivity index (χ4n) is 3.70. The predicted molar refractivity (Wildman–Crippen MR) is 117 cm³/mol. The summed E-state index contributed by atoms with van der Waals surface area (Å²) in [6.45, 7) is 1.36. The number of amides is 2. The first kappa shape index (κ1) is 18.9. The van der Waals surface area contributed by atoms with Crippen LogP contribution in [-0.2, 0) is 0 Å². The lowest BCUT2D eigenvalue weighted by molar-refractivity contribution is 0.218. The molecule has 0 aliphatic carbocycles. The normalized spacial score (nSPS) is 15.8. The zero-order chi connectivity index (χ0) is 20.1. The molecule has 29 heavy (non-hydrogen) atoms. The number of anilines is 3. The number of nitrogens with zero attached hydrogens (tertiary/aromatic N) is 2. The zero-order valence-electron chi connectivity index (χ0n) is 16.5. The summed E-state index contributed by atoms with van der Waals surface area (Å²) in [6, 6.07) is 27.6. The van der Waals surface area contributed by atoms with E-state index in [-0.39, 0.29) is 12.1 Å². The minimum Gasteiger partial charge on any atom is -0.495 e. The molecule has 1 unspecified atom stereocenters. The third-order valence-electron chi connectivity index (χ3n) is 5.15. The van der Waals surface area contributed by atoms with E-state index in [1.807, 2.05) is 89.8 Å². The number of likely N-dealkylation sites (tertiary alicyclic amines) is 1. The van der Waals surface area contributed by atoms with Crippen LogP contribution in [-0.4, -0.2) is 37.2 Å². The van der Waals surface area contributed by atoms with Crippen molar-refractivity contribution < 1.29 is 9.53 Å². The van der Waals surface area contributed by atoms with Gasteiger partial charge in [0.25, 0.3) is 0 Å². The molecule has 0 spiro atoms. The Morgan fingerprint density at radius 2 is 1.52 bits per heavy atom. The van der Waals surface area contributed by atoms with Crippen LogP contribution in [0.1, 0.15) is 6.42 Å². The van der Waals surface area contributed by atoms with E-state index in [0.717, 1.165) is 29.2 Å². The summed E-state index contributed by atoms with van der Waals surface area (Å²) < 4.78 is 5.43. The van der Waals surface area contributed by atoms with E-state index in [2.05, 4.69) is 5.32 Å². The van der Waals surface area contributed by atoms with Crippen molar-refractivity contribution >= 4 is 23.1 Å². The molecule has 5 nitrogen and oxygen atoms in total. The molecular formula is C24H25N3O2. The van der Waals surface area contributed by atoms with E-state index in [9.17, 15) is 4.79 Å². The highest BCUT2D eigenvalue weighted by atomic mass is 16.5. The molecule has 1 fully saturated rings. The highest BCUT2D eigenvalue weighted by molar-refractivity contribution is 5.99. The summed E-state index contributed by atoms with van der Waals surface area (Å²) >= 11 is 0. The van der Waals surface area contributed by atoms with Gasteiger partial charge in [-0.2, -0.15) is 0 Å². The van der Waals surface area contributed by atoms with E-state index in [1.165, 1.54) is 0 Å². The lowest BCUT2D eigenvalue weighted by Crippen LogP contribution is -2.40. The van der Waals surface area contributed by atoms with Crippen LogP contribution in [0.4, 0.5) is 21.9 Å². The van der Waals surface area contributed by atoms with Crippen molar-refractivity contribution in [2.24, 2.45) is 0 Å². The van der Waals surface area contributed by atoms with E-state index < -0.39 is 0 Å². The number of benzene rings is 3. The van der Waals surface area contributed by atoms with Gasteiger partial charge in [-0.25, -0.2) is 4.79 Å². The molecule has 4 rings (SSSR count). The summed E-state index contributed by atoms with van der Waals surface area (Å²) in [5.74, 6) is 0.812. The van der Waals surface area contributed by atoms with Crippen LogP contribution in [0.25, 0.3) is 0 Å². The van der Waals surface area contributed by atoms with Crippen molar-refractivity contribution in [3.8, 4) is 5.75 Å². The number of methoxy groups -OCH3 is 1. The van der Waals surface area contributed by atoms with Gasteiger partial charge in [-0.3, -0.25) is 4.90 Å². The van der Waals surface area contributed by atoms with Gasteiger partial charge in [0.2, 0.25) is 0 Å². The number of carbonyl (C=O) groups excluding carboxylic acids is 1. The number of carbonyl (C=O) groups is 1. The fraction of sp³-hybridized carbons (Fsp3) is 0.208. The van der Waals surface area contributed by atoms with Crippen LogP contribution < -0.4 is 15.0 Å². The van der Waals surface area contributed by atoms with E-state index in [0.29, 0.717) is 13.1 Å². The van der Waals surface area contributed by atoms with Gasteiger partial charge >= 0.3 is 6.03 Å². The summed E-state index contributed by atoms with van der Waals surface area (Å²) in [5.41, 5.74) is 2.69. The molecule has 1 N–H and O–H groups in total. The van der Waals surface area contributed by atoms with Crippen LogP contribution in [0, 0.1) is 0 Å². The van der Waals surface area contributed by atoms with Crippen LogP contribution in [0.2, 0.25) is 0 Å². The monoisotopic (exact) mass is 387 g/mol. The summed E-state index contributed by atoms with van der Waals surface area (Å²) in [6.07, 6.45) is 0.890. The number of ether oxygens (including phenoxy) is 1. The largest absolute Gasteiger partial charge is 0.495 e. The first-order valence-electron chi connectivity index (χ1n) is 9.85. The molecule has 148 valence electrons. The van der Waals surface area contributed by atoms with Crippen molar-refractivity contribution in [1.82, 2.24) is 4.90 Å². The minimum absolute atomic E-state index is 0.00766. The van der Waals surface area contributed by atoms with Crippen LogP contribution in [0.15, 0.2) is 84.9 Å². The van der Waals surface area contributed by atoms with Crippen LogP contribution in [0.5, 0.6) is 5.75 Å². The molecule has 3 aromatic rings. The van der Waals surface area contributed by atoms with Gasteiger partial charge in [0, 0.05) is 19.1 Å². The molecule has 1 atom stereocenters. The number of nitrogens with one attached hydrogen (secondary N) is 1. The predicted octanol–water partition coefficient (Wildman–Crippen LogP) is 5.14. The maximum absolute atomic E-state index is 13.5. The van der Waals surface area contributed by atoms with Gasteiger partial charge in [0.1, 0.15) is 5.75 Å². The Morgan fingerprint density at radius 3 is 2.14 bits per heavy atom. The number of rotatable bonds is 5. The van der Waals surface area contributed by atoms with Crippen molar-refractivity contribution in [3.63, 3.8) is 0 Å². The molecule has 0 aromatic heterocycles. The van der Waals surface area contributed by atoms with Gasteiger partial charge in [-0.15, -0.1) is 0 Å². The lowest BCUT2D eigenvalue weighted by atomic mass is 10.2. The number of hydrogen-bond acceptors (Lipinski definition) is 3. The molecule has 0 bridgehead atoms. The number of urea groups is 1. The Hall–Kier alpha value is -3.47. The van der Waals surface area contributed by atoms with Gasteiger partial charge in [-0.05, 0) is 42.8 Å². The first-order valence-corrected chi connectivity index (χ1v) is 9.85. The topological polar surface area (TPSA) is 44.8 Å². The smallest absolute Gasteiger partial charge is 0.329 e. The van der Waals surface area contributed by atoms with Gasteiger partial charge in [-0.1, -0.05) is 48.5 Å². The molecular weight excluding hydrogens is 362 g/mol. The molecule has 2 amide bonds. The highest BCUT2D eigenvalue weighted by Gasteiger charge is 2.31. The summed E-state index contributed by atoms with van der Waals surface area (Å²) in [7, 11) is 1.67. The Balaban J connectivity index is 1.52. The molecule has 1 aliphatic heterocycles. The first-order chi connectivity index (χ1) is 14.3. The minimum atomic E-state index is -0.00766. The van der Waals surface area contributed by atoms with Crippen molar-refractivity contribution in [2.75, 3.05) is 30.4 Å². The maximum Gasteiger partial charge on any atom is 0.329 e. The van der Waals surface area contributed by atoms with Crippen LogP contribution >= 0.6 is 0 Å². The molecule has 1 heterocycles. The maximum atomic E-state index is 13.5. The second-order valence-electron chi connectivity index (χ2n) is 7.07. The lowest BCUT2D eigenvalue weighted by Gasteiger charge is -2.28. The molecule has 5 heteroatoms. The Kier molecular flexibility index (Phi) is 5.66. The molecule has 0 saturated carbocycles. The number of para-hydroxylation sites is 4.